The topological polar surface area (TPSA) is 92.8 Å². The molecule has 8 heteroatoms. The summed E-state index contributed by atoms with van der Waals surface area (Å²) in [5, 5.41) is 2.76. The maximum Gasteiger partial charge on any atom is 0.264 e. The van der Waals surface area contributed by atoms with Crippen molar-refractivity contribution in [3.63, 3.8) is 0 Å². The van der Waals surface area contributed by atoms with Crippen LogP contribution in [0.4, 0.5) is 11.4 Å². The Balaban J connectivity index is 1.75. The van der Waals surface area contributed by atoms with E-state index in [2.05, 4.69) is 5.32 Å². The zero-order valence-corrected chi connectivity index (χ0v) is 15.2. The predicted octanol–water partition coefficient (Wildman–Crippen LogP) is 1.84. The first-order valence-corrected chi connectivity index (χ1v) is 9.90. The summed E-state index contributed by atoms with van der Waals surface area (Å²) in [6.45, 7) is -0.00493. The third-order valence-electron chi connectivity index (χ3n) is 3.95. The molecule has 0 radical (unpaired) electrons. The summed E-state index contributed by atoms with van der Waals surface area (Å²) in [5.41, 5.74) is 2.14. The van der Waals surface area contributed by atoms with Crippen molar-refractivity contribution in [2.75, 3.05) is 30.1 Å². The van der Waals surface area contributed by atoms with Crippen molar-refractivity contribution in [3.8, 4) is 5.75 Å². The van der Waals surface area contributed by atoms with Crippen LogP contribution in [0.25, 0.3) is 0 Å². The van der Waals surface area contributed by atoms with E-state index in [-0.39, 0.29) is 24.2 Å². The second-order valence-corrected chi connectivity index (χ2v) is 8.29. The Labute approximate surface area is 151 Å². The quantitative estimate of drug-likeness (QED) is 0.881. The maximum absolute atomic E-state index is 12.4. The molecule has 0 unspecified atom stereocenters. The lowest BCUT2D eigenvalue weighted by Gasteiger charge is -2.26. The van der Waals surface area contributed by atoms with Crippen LogP contribution in [-0.4, -0.2) is 40.1 Å². The van der Waals surface area contributed by atoms with Gasteiger partial charge in [-0.3, -0.25) is 9.59 Å². The Morgan fingerprint density at radius 2 is 1.88 bits per heavy atom. The number of anilines is 2. The lowest BCUT2D eigenvalue weighted by Crippen LogP contribution is -2.35. The number of hydrogen-bond acceptors (Lipinski definition) is 5. The van der Waals surface area contributed by atoms with Crippen molar-refractivity contribution in [3.05, 3.63) is 53.6 Å². The Bertz CT molecular complexity index is 968. The third kappa shape index (κ3) is 4.02. The van der Waals surface area contributed by atoms with Gasteiger partial charge in [0.2, 0.25) is 0 Å². The van der Waals surface area contributed by atoms with Gasteiger partial charge in [-0.25, -0.2) is 8.42 Å². The van der Waals surface area contributed by atoms with Crippen molar-refractivity contribution in [2.24, 2.45) is 0 Å². The molecule has 0 spiro atoms. The van der Waals surface area contributed by atoms with E-state index in [1.165, 1.54) is 4.90 Å². The largest absolute Gasteiger partial charge is 0.482 e. The van der Waals surface area contributed by atoms with Crippen LogP contribution in [0.15, 0.2) is 42.5 Å². The molecule has 2 amide bonds. The summed E-state index contributed by atoms with van der Waals surface area (Å²) in [5.74, 6) is 0.0133. The number of ether oxygens (including phenoxy) is 1. The van der Waals surface area contributed by atoms with E-state index in [0.717, 1.165) is 6.26 Å². The van der Waals surface area contributed by atoms with Crippen LogP contribution < -0.4 is 15.0 Å². The minimum absolute atomic E-state index is 0.00493. The number of hydrogen-bond donors (Lipinski definition) is 1. The SMILES string of the molecule is CN1C(=O)COc2ccc(NC(=O)c3ccc(CS(C)(=O)=O)cc3)cc21. The summed E-state index contributed by atoms with van der Waals surface area (Å²) in [6.07, 6.45) is 1.16. The van der Waals surface area contributed by atoms with E-state index in [9.17, 15) is 18.0 Å². The number of benzene rings is 2. The maximum atomic E-state index is 12.4. The zero-order valence-electron chi connectivity index (χ0n) is 14.4. The van der Waals surface area contributed by atoms with Gasteiger partial charge in [-0.2, -0.15) is 0 Å². The van der Waals surface area contributed by atoms with E-state index in [0.29, 0.717) is 28.3 Å². The molecular formula is C18H18N2O5S. The molecule has 3 rings (SSSR count). The highest BCUT2D eigenvalue weighted by molar-refractivity contribution is 7.89. The van der Waals surface area contributed by atoms with Crippen LogP contribution in [0.5, 0.6) is 5.75 Å². The fraction of sp³-hybridized carbons (Fsp3) is 0.222. The van der Waals surface area contributed by atoms with Crippen molar-refractivity contribution >= 4 is 33.0 Å². The molecule has 7 nitrogen and oxygen atoms in total. The summed E-state index contributed by atoms with van der Waals surface area (Å²) >= 11 is 0. The van der Waals surface area contributed by atoms with Crippen molar-refractivity contribution < 1.29 is 22.7 Å². The highest BCUT2D eigenvalue weighted by Crippen LogP contribution is 2.33. The van der Waals surface area contributed by atoms with Gasteiger partial charge >= 0.3 is 0 Å². The number of nitrogens with zero attached hydrogens (tertiary/aromatic N) is 1. The molecule has 1 heterocycles. The van der Waals surface area contributed by atoms with Gasteiger partial charge in [0.1, 0.15) is 5.75 Å². The van der Waals surface area contributed by atoms with Crippen molar-refractivity contribution in [1.82, 2.24) is 0 Å². The molecule has 2 aromatic carbocycles. The minimum Gasteiger partial charge on any atom is -0.482 e. The first-order chi connectivity index (χ1) is 12.2. The Kier molecular flexibility index (Phi) is 4.69. The summed E-state index contributed by atoms with van der Waals surface area (Å²) in [4.78, 5) is 25.6. The van der Waals surface area contributed by atoms with E-state index in [1.807, 2.05) is 0 Å². The predicted molar refractivity (Wildman–Crippen MR) is 98.3 cm³/mol. The van der Waals surface area contributed by atoms with Crippen LogP contribution in [0.1, 0.15) is 15.9 Å². The Morgan fingerprint density at radius 1 is 1.19 bits per heavy atom. The van der Waals surface area contributed by atoms with E-state index in [4.69, 9.17) is 4.74 Å². The Morgan fingerprint density at radius 3 is 2.54 bits per heavy atom. The zero-order chi connectivity index (χ0) is 18.9. The summed E-state index contributed by atoms with van der Waals surface area (Å²) < 4.78 is 28.0. The highest BCUT2D eigenvalue weighted by Gasteiger charge is 2.22. The molecule has 0 saturated heterocycles. The average Bonchev–Trinajstić information content (AvgIpc) is 2.58. The highest BCUT2D eigenvalue weighted by atomic mass is 32.2. The van der Waals surface area contributed by atoms with Gasteiger partial charge in [0.05, 0.1) is 11.4 Å². The number of carbonyl (C=O) groups excluding carboxylic acids is 2. The lowest BCUT2D eigenvalue weighted by molar-refractivity contribution is -0.120. The molecule has 0 atom stereocenters. The lowest BCUT2D eigenvalue weighted by atomic mass is 10.1. The number of sulfone groups is 1. The second kappa shape index (κ2) is 6.80. The van der Waals surface area contributed by atoms with Crippen molar-refractivity contribution in [1.29, 1.82) is 0 Å². The first-order valence-electron chi connectivity index (χ1n) is 7.84. The molecule has 136 valence electrons. The smallest absolute Gasteiger partial charge is 0.264 e. The molecule has 0 bridgehead atoms. The number of rotatable bonds is 4. The Hall–Kier alpha value is -2.87. The van der Waals surface area contributed by atoms with Crippen LogP contribution in [0.3, 0.4) is 0 Å². The molecule has 0 aromatic heterocycles. The van der Waals surface area contributed by atoms with Gasteiger partial charge in [-0.1, -0.05) is 12.1 Å². The van der Waals surface area contributed by atoms with Gasteiger partial charge in [0.25, 0.3) is 11.8 Å². The number of nitrogens with one attached hydrogen (secondary N) is 1. The summed E-state index contributed by atoms with van der Waals surface area (Å²) in [7, 11) is -1.47. The molecule has 1 aliphatic rings. The second-order valence-electron chi connectivity index (χ2n) is 6.15. The average molecular weight is 374 g/mol. The molecule has 0 fully saturated rings. The molecule has 0 saturated carbocycles. The number of amides is 2. The van der Waals surface area contributed by atoms with E-state index in [1.54, 1.807) is 49.5 Å². The van der Waals surface area contributed by atoms with E-state index >= 15 is 0 Å². The molecule has 26 heavy (non-hydrogen) atoms. The molecule has 1 N–H and O–H groups in total. The molecule has 2 aromatic rings. The fourth-order valence-corrected chi connectivity index (χ4v) is 3.41. The monoisotopic (exact) mass is 374 g/mol. The van der Waals surface area contributed by atoms with Crippen LogP contribution in [0, 0.1) is 0 Å². The molecule has 0 aliphatic carbocycles. The normalized spacial score (nSPS) is 13.8. The number of likely N-dealkylation sites (N-methyl/N-ethyl adjacent to an activating group) is 1. The van der Waals surface area contributed by atoms with Gasteiger partial charge in [-0.05, 0) is 35.9 Å². The standard InChI is InChI=1S/C18H18N2O5S/c1-20-15-9-14(7-8-16(15)25-10-17(20)21)19-18(22)13-5-3-12(4-6-13)11-26(2,23)24/h3-9H,10-11H2,1-2H3,(H,19,22). The molecule has 1 aliphatic heterocycles. The van der Waals surface area contributed by atoms with Gasteiger partial charge in [0.15, 0.2) is 16.4 Å². The fourth-order valence-electron chi connectivity index (χ4n) is 2.61. The van der Waals surface area contributed by atoms with Crippen LogP contribution in [-0.2, 0) is 20.4 Å². The van der Waals surface area contributed by atoms with E-state index < -0.39 is 9.84 Å². The van der Waals surface area contributed by atoms with Crippen LogP contribution in [0.2, 0.25) is 0 Å². The number of fused-ring (bicyclic) bond motifs is 1. The van der Waals surface area contributed by atoms with Gasteiger partial charge < -0.3 is 15.0 Å². The van der Waals surface area contributed by atoms with Gasteiger partial charge in [0, 0.05) is 24.6 Å². The third-order valence-corrected chi connectivity index (χ3v) is 4.81. The van der Waals surface area contributed by atoms with Crippen LogP contribution >= 0.6 is 0 Å². The molecular weight excluding hydrogens is 356 g/mol. The van der Waals surface area contributed by atoms with Crippen molar-refractivity contribution in [2.45, 2.75) is 5.75 Å². The van der Waals surface area contributed by atoms with Gasteiger partial charge in [-0.15, -0.1) is 0 Å². The summed E-state index contributed by atoms with van der Waals surface area (Å²) in [6, 6.07) is 11.4. The first kappa shape index (κ1) is 17.9. The minimum atomic E-state index is -3.12. The number of carbonyl (C=O) groups is 2.